The molecule has 0 atom stereocenters. The Labute approximate surface area is 165 Å². The van der Waals surface area contributed by atoms with Crippen LogP contribution < -0.4 is 4.74 Å². The number of carbonyl (C=O) groups is 1. The molecule has 8 heteroatoms. The number of ether oxygens (including phenoxy) is 2. The molecule has 146 valence electrons. The van der Waals surface area contributed by atoms with E-state index >= 15 is 0 Å². The van der Waals surface area contributed by atoms with E-state index in [0.29, 0.717) is 22.6 Å². The monoisotopic (exact) mass is 485 g/mol. The highest BCUT2D eigenvalue weighted by atomic mass is 127. The van der Waals surface area contributed by atoms with Gasteiger partial charge in [0.15, 0.2) is 6.61 Å². The first-order chi connectivity index (χ1) is 11.9. The van der Waals surface area contributed by atoms with Gasteiger partial charge in [0.05, 0.1) is 3.57 Å². The van der Waals surface area contributed by atoms with E-state index < -0.39 is 18.4 Å². The van der Waals surface area contributed by atoms with Gasteiger partial charge in [0, 0.05) is 13.1 Å². The Morgan fingerprint density at radius 2 is 1.92 bits per heavy atom. The van der Waals surface area contributed by atoms with E-state index in [1.807, 2.05) is 43.4 Å². The van der Waals surface area contributed by atoms with Crippen molar-refractivity contribution in [2.75, 3.05) is 13.2 Å². The Balaban J connectivity index is 2.05. The second-order valence-corrected chi connectivity index (χ2v) is 8.64. The first-order valence-electron chi connectivity index (χ1n) is 8.39. The number of alkyl halides is 3. The molecule has 1 saturated carbocycles. The van der Waals surface area contributed by atoms with Crippen molar-refractivity contribution in [2.24, 2.45) is 5.92 Å². The van der Waals surface area contributed by atoms with E-state index in [1.54, 1.807) is 17.0 Å². The van der Waals surface area contributed by atoms with Crippen molar-refractivity contribution in [1.29, 1.82) is 0 Å². The van der Waals surface area contributed by atoms with Gasteiger partial charge in [-0.25, -0.2) is 4.79 Å². The molecule has 1 fully saturated rings. The molecule has 0 N–H and O–H groups in total. The standard InChI is InChI=1S/C18H23F3INO3/c1-17(2,3)26-16(24)23(9-12-4-5-12)10-13-6-7-15(14(22)8-13)25-11-18(19,20)21/h6-8,12H,4-5,9-11H2,1-3H3. The third-order valence-electron chi connectivity index (χ3n) is 3.59. The molecule has 4 nitrogen and oxygen atoms in total. The van der Waals surface area contributed by atoms with Crippen LogP contribution in [0.4, 0.5) is 18.0 Å². The zero-order valence-corrected chi connectivity index (χ0v) is 17.2. The molecule has 0 heterocycles. The molecular weight excluding hydrogens is 462 g/mol. The predicted molar refractivity (Wildman–Crippen MR) is 100 cm³/mol. The van der Waals surface area contributed by atoms with Crippen molar-refractivity contribution in [2.45, 2.75) is 51.9 Å². The van der Waals surface area contributed by atoms with Crippen molar-refractivity contribution in [3.63, 3.8) is 0 Å². The fourth-order valence-electron chi connectivity index (χ4n) is 2.28. The third-order valence-corrected chi connectivity index (χ3v) is 4.43. The summed E-state index contributed by atoms with van der Waals surface area (Å²) >= 11 is 1.93. The average molecular weight is 485 g/mol. The van der Waals surface area contributed by atoms with Gasteiger partial charge in [0.2, 0.25) is 0 Å². The molecule has 0 saturated heterocycles. The quantitative estimate of drug-likeness (QED) is 0.508. The molecule has 1 aliphatic carbocycles. The molecule has 1 aromatic rings. The van der Waals surface area contributed by atoms with Crippen molar-refractivity contribution in [1.82, 2.24) is 4.90 Å². The van der Waals surface area contributed by atoms with Crippen LogP contribution in [0.15, 0.2) is 18.2 Å². The molecule has 0 aliphatic heterocycles. The highest BCUT2D eigenvalue weighted by Crippen LogP contribution is 2.31. The maximum absolute atomic E-state index is 12.4. The Morgan fingerprint density at radius 3 is 2.42 bits per heavy atom. The minimum atomic E-state index is -4.38. The van der Waals surface area contributed by atoms with Gasteiger partial charge in [-0.3, -0.25) is 0 Å². The van der Waals surface area contributed by atoms with Crippen molar-refractivity contribution >= 4 is 28.7 Å². The van der Waals surface area contributed by atoms with E-state index in [1.165, 1.54) is 6.07 Å². The predicted octanol–water partition coefficient (Wildman–Crippen LogP) is 5.38. The number of rotatable bonds is 6. The summed E-state index contributed by atoms with van der Waals surface area (Å²) in [5.41, 5.74) is 0.239. The molecule has 0 bridgehead atoms. The second-order valence-electron chi connectivity index (χ2n) is 7.47. The molecule has 1 amide bonds. The smallest absolute Gasteiger partial charge is 0.422 e. The molecule has 2 rings (SSSR count). The van der Waals surface area contributed by atoms with Gasteiger partial charge in [-0.15, -0.1) is 0 Å². The maximum Gasteiger partial charge on any atom is 0.422 e. The van der Waals surface area contributed by atoms with Gasteiger partial charge < -0.3 is 14.4 Å². The van der Waals surface area contributed by atoms with E-state index in [0.717, 1.165) is 18.4 Å². The molecular formula is C18H23F3INO3. The maximum atomic E-state index is 12.4. The lowest BCUT2D eigenvalue weighted by Crippen LogP contribution is -2.37. The lowest BCUT2D eigenvalue weighted by atomic mass is 10.2. The van der Waals surface area contributed by atoms with Gasteiger partial charge >= 0.3 is 12.3 Å². The summed E-state index contributed by atoms with van der Waals surface area (Å²) in [4.78, 5) is 14.1. The highest BCUT2D eigenvalue weighted by molar-refractivity contribution is 14.1. The zero-order valence-electron chi connectivity index (χ0n) is 15.0. The minimum Gasteiger partial charge on any atom is -0.483 e. The van der Waals surface area contributed by atoms with Crippen LogP contribution in [-0.2, 0) is 11.3 Å². The highest BCUT2D eigenvalue weighted by Gasteiger charge is 2.30. The van der Waals surface area contributed by atoms with Crippen molar-refractivity contribution in [3.05, 3.63) is 27.3 Å². The summed E-state index contributed by atoms with van der Waals surface area (Å²) in [5.74, 6) is 0.675. The summed E-state index contributed by atoms with van der Waals surface area (Å²) in [5, 5.41) is 0. The molecule has 0 unspecified atom stereocenters. The van der Waals surface area contributed by atoms with Crippen LogP contribution in [-0.4, -0.2) is 35.9 Å². The summed E-state index contributed by atoms with van der Waals surface area (Å²) in [6.07, 6.45) is -2.56. The van der Waals surface area contributed by atoms with E-state index in [4.69, 9.17) is 9.47 Å². The number of halogens is 4. The second kappa shape index (κ2) is 8.22. The molecule has 0 spiro atoms. The van der Waals surface area contributed by atoms with Crippen molar-refractivity contribution in [3.8, 4) is 5.75 Å². The first-order valence-corrected chi connectivity index (χ1v) is 9.47. The van der Waals surface area contributed by atoms with Gasteiger partial charge in [-0.2, -0.15) is 13.2 Å². The zero-order chi connectivity index (χ0) is 19.5. The first kappa shape index (κ1) is 21.1. The lowest BCUT2D eigenvalue weighted by molar-refractivity contribution is -0.153. The summed E-state index contributed by atoms with van der Waals surface area (Å²) in [6, 6.07) is 4.92. The van der Waals surface area contributed by atoms with Crippen LogP contribution in [0.1, 0.15) is 39.2 Å². The van der Waals surface area contributed by atoms with Crippen LogP contribution in [0.5, 0.6) is 5.75 Å². The van der Waals surface area contributed by atoms with E-state index in [9.17, 15) is 18.0 Å². The largest absolute Gasteiger partial charge is 0.483 e. The third kappa shape index (κ3) is 7.59. The number of amides is 1. The number of hydrogen-bond donors (Lipinski definition) is 0. The fraction of sp³-hybridized carbons (Fsp3) is 0.611. The molecule has 0 aromatic heterocycles. The van der Waals surface area contributed by atoms with Crippen LogP contribution in [0, 0.1) is 9.49 Å². The molecule has 0 radical (unpaired) electrons. The molecule has 1 aromatic carbocycles. The average Bonchev–Trinajstić information content (AvgIpc) is 3.27. The Hall–Kier alpha value is -1.19. The molecule has 1 aliphatic rings. The van der Waals surface area contributed by atoms with Crippen molar-refractivity contribution < 1.29 is 27.4 Å². The normalized spacial score (nSPS) is 14.9. The molecule has 26 heavy (non-hydrogen) atoms. The Kier molecular flexibility index (Phi) is 6.68. The Bertz CT molecular complexity index is 640. The van der Waals surface area contributed by atoms with Gasteiger partial charge in [-0.05, 0) is 79.8 Å². The van der Waals surface area contributed by atoms with E-state index in [2.05, 4.69) is 0 Å². The van der Waals surface area contributed by atoms with Crippen LogP contribution >= 0.6 is 22.6 Å². The van der Waals surface area contributed by atoms with Crippen LogP contribution in [0.2, 0.25) is 0 Å². The topological polar surface area (TPSA) is 38.8 Å². The summed E-state index contributed by atoms with van der Waals surface area (Å²) in [7, 11) is 0. The lowest BCUT2D eigenvalue weighted by Gasteiger charge is -2.27. The number of hydrogen-bond acceptors (Lipinski definition) is 3. The minimum absolute atomic E-state index is 0.178. The summed E-state index contributed by atoms with van der Waals surface area (Å²) in [6.45, 7) is 5.09. The van der Waals surface area contributed by atoms with Gasteiger partial charge in [0.25, 0.3) is 0 Å². The van der Waals surface area contributed by atoms with Crippen LogP contribution in [0.3, 0.4) is 0 Å². The van der Waals surface area contributed by atoms with Crippen LogP contribution in [0.25, 0.3) is 0 Å². The SMILES string of the molecule is CC(C)(C)OC(=O)N(Cc1ccc(OCC(F)(F)F)c(I)c1)CC1CC1. The van der Waals surface area contributed by atoms with Gasteiger partial charge in [0.1, 0.15) is 11.4 Å². The van der Waals surface area contributed by atoms with Gasteiger partial charge in [-0.1, -0.05) is 6.07 Å². The number of carbonyl (C=O) groups excluding carboxylic acids is 1. The number of benzene rings is 1. The summed E-state index contributed by atoms with van der Waals surface area (Å²) < 4.78 is 47.7. The number of nitrogens with zero attached hydrogens (tertiary/aromatic N) is 1. The Morgan fingerprint density at radius 1 is 1.27 bits per heavy atom. The fourth-order valence-corrected chi connectivity index (χ4v) is 3.02. The van der Waals surface area contributed by atoms with E-state index in [-0.39, 0.29) is 11.8 Å².